The van der Waals surface area contributed by atoms with Crippen LogP contribution in [0.3, 0.4) is 0 Å². The first kappa shape index (κ1) is 16.7. The average Bonchev–Trinajstić information content (AvgIpc) is 2.23. The molecule has 0 aliphatic carbocycles. The maximum Gasteiger partial charge on any atom is 0.401 e. The molecule has 0 heterocycles. The predicted molar refractivity (Wildman–Crippen MR) is 60.7 cm³/mol. The van der Waals surface area contributed by atoms with Crippen molar-refractivity contribution in [3.8, 4) is 6.07 Å². The van der Waals surface area contributed by atoms with E-state index in [1.165, 1.54) is 11.9 Å². The quantitative estimate of drug-likeness (QED) is 0.703. The lowest BCUT2D eigenvalue weighted by atomic mass is 10.3. The van der Waals surface area contributed by atoms with Crippen molar-refractivity contribution in [1.82, 2.24) is 9.80 Å². The maximum absolute atomic E-state index is 12.3. The topological polar surface area (TPSA) is 47.3 Å². The van der Waals surface area contributed by atoms with Crippen LogP contribution in [-0.2, 0) is 4.79 Å². The first-order chi connectivity index (χ1) is 8.30. The molecule has 0 spiro atoms. The summed E-state index contributed by atoms with van der Waals surface area (Å²) in [7, 11) is 1.48. The molecule has 0 aromatic rings. The van der Waals surface area contributed by atoms with E-state index in [2.05, 4.69) is 0 Å². The van der Waals surface area contributed by atoms with E-state index >= 15 is 0 Å². The first-order valence-corrected chi connectivity index (χ1v) is 5.70. The van der Waals surface area contributed by atoms with Crippen molar-refractivity contribution in [2.45, 2.75) is 25.9 Å². The number of hydrogen-bond donors (Lipinski definition) is 0. The van der Waals surface area contributed by atoms with E-state index < -0.39 is 18.6 Å². The van der Waals surface area contributed by atoms with Crippen LogP contribution in [0.1, 0.15) is 19.8 Å². The Bertz CT molecular complexity index is 299. The third-order valence-electron chi connectivity index (χ3n) is 2.29. The molecular weight excluding hydrogens is 247 g/mol. The number of amides is 1. The molecule has 0 saturated heterocycles. The van der Waals surface area contributed by atoms with Crippen molar-refractivity contribution in [1.29, 1.82) is 5.26 Å². The first-order valence-electron chi connectivity index (χ1n) is 5.70. The summed E-state index contributed by atoms with van der Waals surface area (Å²) < 4.78 is 36.8. The summed E-state index contributed by atoms with van der Waals surface area (Å²) in [6, 6.07) is 1.88. The third kappa shape index (κ3) is 7.90. The Hall–Kier alpha value is -1.29. The van der Waals surface area contributed by atoms with Crippen LogP contribution < -0.4 is 0 Å². The largest absolute Gasteiger partial charge is 0.401 e. The van der Waals surface area contributed by atoms with Crippen molar-refractivity contribution in [3.05, 3.63) is 0 Å². The van der Waals surface area contributed by atoms with Gasteiger partial charge in [0.25, 0.3) is 0 Å². The molecule has 0 N–H and O–H groups in total. The zero-order chi connectivity index (χ0) is 14.2. The summed E-state index contributed by atoms with van der Waals surface area (Å²) in [6.45, 7) is 0.861. The summed E-state index contributed by atoms with van der Waals surface area (Å²) >= 11 is 0. The number of nitriles is 1. The van der Waals surface area contributed by atoms with Gasteiger partial charge in [-0.25, -0.2) is 0 Å². The lowest BCUT2D eigenvalue weighted by Gasteiger charge is -2.25. The summed E-state index contributed by atoms with van der Waals surface area (Å²) in [5.41, 5.74) is 0. The lowest BCUT2D eigenvalue weighted by molar-refractivity contribution is -0.151. The molecular formula is C11H18F3N3O. The van der Waals surface area contributed by atoms with Gasteiger partial charge in [0.15, 0.2) is 0 Å². The lowest BCUT2D eigenvalue weighted by Crippen LogP contribution is -2.43. The van der Waals surface area contributed by atoms with Gasteiger partial charge in [0.1, 0.15) is 0 Å². The number of alkyl halides is 3. The van der Waals surface area contributed by atoms with Gasteiger partial charge in [-0.1, -0.05) is 6.92 Å². The monoisotopic (exact) mass is 265 g/mol. The van der Waals surface area contributed by atoms with Crippen molar-refractivity contribution in [2.75, 3.05) is 33.2 Å². The second-order valence-electron chi connectivity index (χ2n) is 4.05. The molecule has 1 amide bonds. The fourth-order valence-electron chi connectivity index (χ4n) is 1.44. The third-order valence-corrected chi connectivity index (χ3v) is 2.29. The van der Waals surface area contributed by atoms with Gasteiger partial charge in [0, 0.05) is 13.6 Å². The van der Waals surface area contributed by atoms with Gasteiger partial charge in [0.05, 0.1) is 25.6 Å². The Labute approximate surface area is 105 Å². The number of rotatable bonds is 7. The van der Waals surface area contributed by atoms with Gasteiger partial charge >= 0.3 is 6.18 Å². The molecule has 0 aromatic heterocycles. The SMILES string of the molecule is CCCN(CC(=O)N(C)CCC#N)CC(F)(F)F. The maximum atomic E-state index is 12.3. The number of nitrogens with zero attached hydrogens (tertiary/aromatic N) is 3. The Morgan fingerprint density at radius 3 is 2.39 bits per heavy atom. The Morgan fingerprint density at radius 2 is 1.94 bits per heavy atom. The Kier molecular flexibility index (Phi) is 7.36. The second kappa shape index (κ2) is 7.93. The molecule has 0 aliphatic heterocycles. The molecule has 0 bridgehead atoms. The number of hydrogen-bond acceptors (Lipinski definition) is 3. The second-order valence-corrected chi connectivity index (χ2v) is 4.05. The Balaban J connectivity index is 4.31. The van der Waals surface area contributed by atoms with Gasteiger partial charge in [-0.2, -0.15) is 18.4 Å². The van der Waals surface area contributed by atoms with E-state index in [9.17, 15) is 18.0 Å². The van der Waals surface area contributed by atoms with E-state index in [1.54, 1.807) is 6.92 Å². The number of carbonyl (C=O) groups is 1. The van der Waals surface area contributed by atoms with Crippen LogP contribution in [-0.4, -0.2) is 55.1 Å². The molecule has 0 fully saturated rings. The van der Waals surface area contributed by atoms with Crippen LogP contribution in [0.5, 0.6) is 0 Å². The van der Waals surface area contributed by atoms with E-state index in [4.69, 9.17) is 5.26 Å². The number of likely N-dealkylation sites (N-methyl/N-ethyl adjacent to an activating group) is 1. The predicted octanol–water partition coefficient (Wildman–Crippen LogP) is 1.63. The van der Waals surface area contributed by atoms with E-state index in [0.29, 0.717) is 6.42 Å². The highest BCUT2D eigenvalue weighted by atomic mass is 19.4. The van der Waals surface area contributed by atoms with Crippen LogP contribution in [0.2, 0.25) is 0 Å². The molecule has 0 aliphatic rings. The van der Waals surface area contributed by atoms with E-state index in [0.717, 1.165) is 4.90 Å². The van der Waals surface area contributed by atoms with Crippen molar-refractivity contribution in [2.24, 2.45) is 0 Å². The number of carbonyl (C=O) groups excluding carboxylic acids is 1. The minimum absolute atomic E-state index is 0.176. The van der Waals surface area contributed by atoms with Gasteiger partial charge in [-0.15, -0.1) is 0 Å². The summed E-state index contributed by atoms with van der Waals surface area (Å²) in [4.78, 5) is 14.0. The van der Waals surface area contributed by atoms with E-state index in [-0.39, 0.29) is 26.1 Å². The van der Waals surface area contributed by atoms with Gasteiger partial charge in [-0.3, -0.25) is 9.69 Å². The van der Waals surface area contributed by atoms with Gasteiger partial charge < -0.3 is 4.90 Å². The fourth-order valence-corrected chi connectivity index (χ4v) is 1.44. The molecule has 7 heteroatoms. The van der Waals surface area contributed by atoms with Crippen molar-refractivity contribution >= 4 is 5.91 Å². The van der Waals surface area contributed by atoms with E-state index in [1.807, 2.05) is 6.07 Å². The highest BCUT2D eigenvalue weighted by Crippen LogP contribution is 2.16. The molecule has 0 radical (unpaired) electrons. The summed E-state index contributed by atoms with van der Waals surface area (Å²) in [5, 5.41) is 8.37. The molecule has 104 valence electrons. The molecule has 0 atom stereocenters. The molecule has 4 nitrogen and oxygen atoms in total. The van der Waals surface area contributed by atoms with Crippen LogP contribution in [0, 0.1) is 11.3 Å². The normalized spacial score (nSPS) is 11.4. The number of halogens is 3. The Morgan fingerprint density at radius 1 is 1.33 bits per heavy atom. The highest BCUT2D eigenvalue weighted by Gasteiger charge is 2.31. The minimum Gasteiger partial charge on any atom is -0.344 e. The van der Waals surface area contributed by atoms with Gasteiger partial charge in [-0.05, 0) is 13.0 Å². The van der Waals surface area contributed by atoms with Crippen LogP contribution in [0.15, 0.2) is 0 Å². The minimum atomic E-state index is -4.30. The van der Waals surface area contributed by atoms with Crippen LogP contribution in [0.25, 0.3) is 0 Å². The molecule has 0 rings (SSSR count). The zero-order valence-electron chi connectivity index (χ0n) is 10.6. The smallest absolute Gasteiger partial charge is 0.344 e. The van der Waals surface area contributed by atoms with Crippen molar-refractivity contribution < 1.29 is 18.0 Å². The zero-order valence-corrected chi connectivity index (χ0v) is 10.6. The summed E-state index contributed by atoms with van der Waals surface area (Å²) in [5.74, 6) is -0.400. The molecule has 0 unspecified atom stereocenters. The standard InChI is InChI=1S/C11H18F3N3O/c1-3-6-17(9-11(12,13)14)8-10(18)16(2)7-4-5-15/h3-4,6-9H2,1-2H3. The molecule has 0 aromatic carbocycles. The molecule has 0 saturated carbocycles. The fraction of sp³-hybridized carbons (Fsp3) is 0.818. The highest BCUT2D eigenvalue weighted by molar-refractivity contribution is 5.78. The van der Waals surface area contributed by atoms with Crippen molar-refractivity contribution in [3.63, 3.8) is 0 Å². The summed E-state index contributed by atoms with van der Waals surface area (Å²) in [6.07, 6.45) is -3.58. The average molecular weight is 265 g/mol. The van der Waals surface area contributed by atoms with Crippen LogP contribution >= 0.6 is 0 Å². The molecule has 18 heavy (non-hydrogen) atoms. The van der Waals surface area contributed by atoms with Crippen LogP contribution in [0.4, 0.5) is 13.2 Å². The van der Waals surface area contributed by atoms with Gasteiger partial charge in [0.2, 0.25) is 5.91 Å².